The molecule has 1 aromatic rings. The van der Waals surface area contributed by atoms with Crippen LogP contribution in [0.2, 0.25) is 0 Å². The number of hydrogen-bond acceptors (Lipinski definition) is 5. The fourth-order valence-electron chi connectivity index (χ4n) is 3.10. The molecule has 0 amide bonds. The van der Waals surface area contributed by atoms with Gasteiger partial charge in [-0.15, -0.1) is 11.3 Å². The molecule has 106 valence electrons. The molecule has 5 heteroatoms. The lowest BCUT2D eigenvalue weighted by Crippen LogP contribution is -2.35. The van der Waals surface area contributed by atoms with Gasteiger partial charge >= 0.3 is 0 Å². The van der Waals surface area contributed by atoms with Crippen LogP contribution in [-0.4, -0.2) is 48.6 Å². The van der Waals surface area contributed by atoms with Gasteiger partial charge in [0, 0.05) is 31.1 Å². The molecule has 1 N–H and O–H groups in total. The first-order valence-electron chi connectivity index (χ1n) is 7.51. The highest BCUT2D eigenvalue weighted by Gasteiger charge is 2.30. The highest BCUT2D eigenvalue weighted by Crippen LogP contribution is 2.27. The predicted molar refractivity (Wildman–Crippen MR) is 80.9 cm³/mol. The molecule has 3 rings (SSSR count). The SMILES string of the molecule is CCNCc1csc(N2CCC(N3CCCC3)C2)n1. The Morgan fingerprint density at radius 2 is 2.21 bits per heavy atom. The number of anilines is 1. The van der Waals surface area contributed by atoms with Gasteiger partial charge in [0.25, 0.3) is 0 Å². The minimum atomic E-state index is 0.767. The van der Waals surface area contributed by atoms with E-state index < -0.39 is 0 Å². The number of aromatic nitrogens is 1. The Balaban J connectivity index is 1.56. The molecule has 4 nitrogen and oxygen atoms in total. The molecular formula is C14H24N4S. The number of rotatable bonds is 5. The van der Waals surface area contributed by atoms with Crippen molar-refractivity contribution in [3.05, 3.63) is 11.1 Å². The van der Waals surface area contributed by atoms with E-state index in [9.17, 15) is 0 Å². The smallest absolute Gasteiger partial charge is 0.185 e. The number of nitrogens with one attached hydrogen (secondary N) is 1. The van der Waals surface area contributed by atoms with Crippen LogP contribution in [0.3, 0.4) is 0 Å². The summed E-state index contributed by atoms with van der Waals surface area (Å²) in [6, 6.07) is 0.767. The normalized spacial score (nSPS) is 24.5. The topological polar surface area (TPSA) is 31.4 Å². The molecule has 2 saturated heterocycles. The summed E-state index contributed by atoms with van der Waals surface area (Å²) in [6.45, 7) is 9.01. The quantitative estimate of drug-likeness (QED) is 0.893. The number of hydrogen-bond donors (Lipinski definition) is 1. The van der Waals surface area contributed by atoms with Crippen molar-refractivity contribution in [2.24, 2.45) is 0 Å². The second-order valence-electron chi connectivity index (χ2n) is 5.53. The van der Waals surface area contributed by atoms with E-state index in [2.05, 4.69) is 27.4 Å². The highest BCUT2D eigenvalue weighted by molar-refractivity contribution is 7.13. The van der Waals surface area contributed by atoms with Gasteiger partial charge in [0.05, 0.1) is 5.69 Å². The molecule has 3 heterocycles. The maximum Gasteiger partial charge on any atom is 0.185 e. The molecule has 0 aliphatic carbocycles. The second-order valence-corrected chi connectivity index (χ2v) is 6.37. The Morgan fingerprint density at radius 3 is 3.00 bits per heavy atom. The van der Waals surface area contributed by atoms with Gasteiger partial charge in [-0.25, -0.2) is 4.98 Å². The standard InChI is InChI=1S/C14H24N4S/c1-2-15-9-12-11-19-14(16-12)18-8-5-13(10-18)17-6-3-4-7-17/h11,13,15H,2-10H2,1H3. The summed E-state index contributed by atoms with van der Waals surface area (Å²) in [6.07, 6.45) is 4.09. The summed E-state index contributed by atoms with van der Waals surface area (Å²) < 4.78 is 0. The Labute approximate surface area is 119 Å². The average molecular weight is 280 g/mol. The monoisotopic (exact) mass is 280 g/mol. The molecule has 0 bridgehead atoms. The van der Waals surface area contributed by atoms with Crippen LogP contribution >= 0.6 is 11.3 Å². The van der Waals surface area contributed by atoms with Crippen molar-refractivity contribution in [1.82, 2.24) is 15.2 Å². The van der Waals surface area contributed by atoms with Crippen LogP contribution in [0.25, 0.3) is 0 Å². The van der Waals surface area contributed by atoms with Gasteiger partial charge in [0.2, 0.25) is 0 Å². The summed E-state index contributed by atoms with van der Waals surface area (Å²) >= 11 is 1.80. The largest absolute Gasteiger partial charge is 0.346 e. The third kappa shape index (κ3) is 3.09. The van der Waals surface area contributed by atoms with E-state index in [1.54, 1.807) is 11.3 Å². The lowest BCUT2D eigenvalue weighted by Gasteiger charge is -2.23. The predicted octanol–water partition coefficient (Wildman–Crippen LogP) is 1.93. The van der Waals surface area contributed by atoms with E-state index in [1.807, 2.05) is 0 Å². The van der Waals surface area contributed by atoms with Crippen LogP contribution in [0.4, 0.5) is 5.13 Å². The van der Waals surface area contributed by atoms with Crippen molar-refractivity contribution < 1.29 is 0 Å². The summed E-state index contributed by atoms with van der Waals surface area (Å²) in [5.41, 5.74) is 1.19. The van der Waals surface area contributed by atoms with E-state index >= 15 is 0 Å². The zero-order valence-corrected chi connectivity index (χ0v) is 12.6. The minimum absolute atomic E-state index is 0.767. The van der Waals surface area contributed by atoms with Crippen LogP contribution < -0.4 is 10.2 Å². The van der Waals surface area contributed by atoms with Gasteiger partial charge < -0.3 is 10.2 Å². The van der Waals surface area contributed by atoms with Crippen LogP contribution in [-0.2, 0) is 6.54 Å². The number of likely N-dealkylation sites (tertiary alicyclic amines) is 1. The maximum absolute atomic E-state index is 4.75. The van der Waals surface area contributed by atoms with Gasteiger partial charge in [-0.3, -0.25) is 4.90 Å². The summed E-state index contributed by atoms with van der Waals surface area (Å²) in [7, 11) is 0. The zero-order chi connectivity index (χ0) is 13.1. The van der Waals surface area contributed by atoms with E-state index in [0.29, 0.717) is 0 Å². The van der Waals surface area contributed by atoms with Gasteiger partial charge in [0.1, 0.15) is 0 Å². The Kier molecular flexibility index (Phi) is 4.35. The molecular weight excluding hydrogens is 256 g/mol. The molecule has 2 aliphatic rings. The summed E-state index contributed by atoms with van der Waals surface area (Å²) in [4.78, 5) is 9.90. The minimum Gasteiger partial charge on any atom is -0.346 e. The molecule has 0 radical (unpaired) electrons. The molecule has 0 saturated carbocycles. The van der Waals surface area contributed by atoms with Gasteiger partial charge in [-0.2, -0.15) is 0 Å². The van der Waals surface area contributed by atoms with Gasteiger partial charge in [0.15, 0.2) is 5.13 Å². The second kappa shape index (κ2) is 6.20. The molecule has 2 aliphatic heterocycles. The van der Waals surface area contributed by atoms with Crippen molar-refractivity contribution in [2.75, 3.05) is 37.6 Å². The third-order valence-electron chi connectivity index (χ3n) is 4.19. The fraction of sp³-hybridized carbons (Fsp3) is 0.786. The molecule has 0 spiro atoms. The van der Waals surface area contributed by atoms with Crippen LogP contribution in [0.15, 0.2) is 5.38 Å². The molecule has 19 heavy (non-hydrogen) atoms. The third-order valence-corrected chi connectivity index (χ3v) is 5.14. The number of nitrogens with zero attached hydrogens (tertiary/aromatic N) is 3. The fourth-order valence-corrected chi connectivity index (χ4v) is 3.96. The summed E-state index contributed by atoms with van der Waals surface area (Å²) in [5.74, 6) is 0. The first kappa shape index (κ1) is 13.3. The number of thiazole rings is 1. The van der Waals surface area contributed by atoms with E-state index in [1.165, 1.54) is 56.3 Å². The summed E-state index contributed by atoms with van der Waals surface area (Å²) in [5, 5.41) is 6.75. The maximum atomic E-state index is 4.75. The lowest BCUT2D eigenvalue weighted by atomic mass is 10.2. The van der Waals surface area contributed by atoms with Crippen LogP contribution in [0.1, 0.15) is 31.9 Å². The molecule has 0 aromatic carbocycles. The molecule has 1 atom stereocenters. The Bertz CT molecular complexity index is 400. The van der Waals surface area contributed by atoms with Crippen molar-refractivity contribution in [3.8, 4) is 0 Å². The lowest BCUT2D eigenvalue weighted by molar-refractivity contribution is 0.260. The Morgan fingerprint density at radius 1 is 1.37 bits per heavy atom. The zero-order valence-electron chi connectivity index (χ0n) is 11.8. The van der Waals surface area contributed by atoms with Gasteiger partial charge in [-0.05, 0) is 38.9 Å². The van der Waals surface area contributed by atoms with Crippen LogP contribution in [0.5, 0.6) is 0 Å². The van der Waals surface area contributed by atoms with E-state index in [-0.39, 0.29) is 0 Å². The average Bonchev–Trinajstić information content (AvgIpc) is 3.14. The highest BCUT2D eigenvalue weighted by atomic mass is 32.1. The van der Waals surface area contributed by atoms with E-state index in [4.69, 9.17) is 4.98 Å². The van der Waals surface area contributed by atoms with Crippen molar-refractivity contribution in [1.29, 1.82) is 0 Å². The van der Waals surface area contributed by atoms with Crippen molar-refractivity contribution in [3.63, 3.8) is 0 Å². The molecule has 1 unspecified atom stereocenters. The van der Waals surface area contributed by atoms with Crippen LogP contribution in [0, 0.1) is 0 Å². The first-order valence-corrected chi connectivity index (χ1v) is 8.39. The van der Waals surface area contributed by atoms with Crippen molar-refractivity contribution in [2.45, 2.75) is 38.8 Å². The van der Waals surface area contributed by atoms with Gasteiger partial charge in [-0.1, -0.05) is 6.92 Å². The van der Waals surface area contributed by atoms with Crippen molar-refractivity contribution >= 4 is 16.5 Å². The molecule has 2 fully saturated rings. The molecule has 1 aromatic heterocycles. The Hall–Kier alpha value is -0.650. The first-order chi connectivity index (χ1) is 9.36. The van der Waals surface area contributed by atoms with E-state index in [0.717, 1.165) is 19.1 Å².